The molecular weight excluding hydrogens is 388 g/mol. The molecule has 0 radical (unpaired) electrons. The zero-order valence-electron chi connectivity index (χ0n) is 17.3. The minimum absolute atomic E-state index is 0.0648. The van der Waals surface area contributed by atoms with Gasteiger partial charge in [0.1, 0.15) is 11.6 Å². The summed E-state index contributed by atoms with van der Waals surface area (Å²) in [5.74, 6) is 2.58. The molecule has 0 fully saturated rings. The van der Waals surface area contributed by atoms with Crippen molar-refractivity contribution in [3.8, 4) is 11.4 Å². The first kappa shape index (κ1) is 20.4. The number of hydrogen-bond donors (Lipinski definition) is 2. The van der Waals surface area contributed by atoms with E-state index in [1.165, 1.54) is 0 Å². The van der Waals surface area contributed by atoms with Crippen molar-refractivity contribution in [3.05, 3.63) is 90.8 Å². The van der Waals surface area contributed by atoms with Crippen molar-refractivity contribution in [3.63, 3.8) is 0 Å². The SMILES string of the molecule is CN(c1ccnc(N[C@@H](CCO)c2ccccc2)n1)c1ccnc(-c2ccccc2)n1. The molecule has 0 saturated heterocycles. The van der Waals surface area contributed by atoms with Gasteiger partial charge in [-0.3, -0.25) is 0 Å². The highest BCUT2D eigenvalue weighted by atomic mass is 16.3. The molecule has 2 N–H and O–H groups in total. The van der Waals surface area contributed by atoms with Gasteiger partial charge in [-0.15, -0.1) is 0 Å². The average molecular weight is 412 g/mol. The van der Waals surface area contributed by atoms with Gasteiger partial charge in [0.05, 0.1) is 6.04 Å². The van der Waals surface area contributed by atoms with Gasteiger partial charge in [0.2, 0.25) is 5.95 Å². The number of aromatic nitrogens is 4. The lowest BCUT2D eigenvalue weighted by atomic mass is 10.0. The zero-order valence-corrected chi connectivity index (χ0v) is 17.3. The Kier molecular flexibility index (Phi) is 6.44. The van der Waals surface area contributed by atoms with Crippen molar-refractivity contribution in [2.45, 2.75) is 12.5 Å². The van der Waals surface area contributed by atoms with Crippen molar-refractivity contribution >= 4 is 17.6 Å². The molecule has 0 aliphatic heterocycles. The molecule has 0 spiro atoms. The Morgan fingerprint density at radius 2 is 1.48 bits per heavy atom. The fraction of sp³-hybridized carbons (Fsp3) is 0.167. The van der Waals surface area contributed by atoms with Crippen molar-refractivity contribution in [2.75, 3.05) is 23.9 Å². The van der Waals surface area contributed by atoms with Crippen LogP contribution in [0.3, 0.4) is 0 Å². The number of nitrogens with one attached hydrogen (secondary N) is 1. The van der Waals surface area contributed by atoms with Crippen LogP contribution in [0.4, 0.5) is 17.6 Å². The molecule has 4 rings (SSSR count). The summed E-state index contributed by atoms with van der Waals surface area (Å²) in [4.78, 5) is 20.0. The Balaban J connectivity index is 1.56. The van der Waals surface area contributed by atoms with Gasteiger partial charge in [0, 0.05) is 31.6 Å². The average Bonchev–Trinajstić information content (AvgIpc) is 2.85. The lowest BCUT2D eigenvalue weighted by Crippen LogP contribution is -2.17. The molecular formula is C24H24N6O. The van der Waals surface area contributed by atoms with Crippen LogP contribution in [0.25, 0.3) is 11.4 Å². The van der Waals surface area contributed by atoms with Crippen LogP contribution in [-0.4, -0.2) is 38.7 Å². The zero-order chi connectivity index (χ0) is 21.5. The molecule has 4 aromatic rings. The highest BCUT2D eigenvalue weighted by Crippen LogP contribution is 2.25. The van der Waals surface area contributed by atoms with Crippen LogP contribution in [0.15, 0.2) is 85.2 Å². The third kappa shape index (κ3) is 5.02. The summed E-state index contributed by atoms with van der Waals surface area (Å²) in [6.45, 7) is 0.0648. The fourth-order valence-corrected chi connectivity index (χ4v) is 3.28. The van der Waals surface area contributed by atoms with Gasteiger partial charge < -0.3 is 15.3 Å². The van der Waals surface area contributed by atoms with Crippen LogP contribution < -0.4 is 10.2 Å². The number of rotatable bonds is 8. The van der Waals surface area contributed by atoms with Crippen LogP contribution in [-0.2, 0) is 0 Å². The molecule has 156 valence electrons. The van der Waals surface area contributed by atoms with Gasteiger partial charge in [-0.2, -0.15) is 4.98 Å². The Labute approximate surface area is 181 Å². The number of aliphatic hydroxyl groups is 1. The third-order valence-electron chi connectivity index (χ3n) is 4.92. The van der Waals surface area contributed by atoms with Gasteiger partial charge in [0.25, 0.3) is 0 Å². The van der Waals surface area contributed by atoms with E-state index in [4.69, 9.17) is 0 Å². The van der Waals surface area contributed by atoms with Gasteiger partial charge >= 0.3 is 0 Å². The minimum atomic E-state index is -0.0875. The van der Waals surface area contributed by atoms with E-state index >= 15 is 0 Å². The summed E-state index contributed by atoms with van der Waals surface area (Å²) in [6, 6.07) is 23.4. The predicted octanol–water partition coefficient (Wildman–Crippen LogP) is 4.24. The number of nitrogens with zero attached hydrogens (tertiary/aromatic N) is 5. The standard InChI is InChI=1S/C24H24N6O/c1-30(21-12-15-25-23(28-21)19-10-6-3-7-11-19)22-13-16-26-24(29-22)27-20(14-17-31)18-8-4-2-5-9-18/h2-13,15-16,20,31H,14,17H2,1H3,(H,26,27,29)/t20-/m0/s1. The van der Waals surface area contributed by atoms with Crippen molar-refractivity contribution in [2.24, 2.45) is 0 Å². The number of hydrogen-bond acceptors (Lipinski definition) is 7. The monoisotopic (exact) mass is 412 g/mol. The van der Waals surface area contributed by atoms with E-state index in [1.54, 1.807) is 12.4 Å². The van der Waals surface area contributed by atoms with Gasteiger partial charge in [-0.05, 0) is 24.1 Å². The fourth-order valence-electron chi connectivity index (χ4n) is 3.28. The van der Waals surface area contributed by atoms with Crippen molar-refractivity contribution in [1.29, 1.82) is 0 Å². The Morgan fingerprint density at radius 1 is 0.839 bits per heavy atom. The molecule has 2 aromatic heterocycles. The molecule has 0 saturated carbocycles. The molecule has 1 atom stereocenters. The van der Waals surface area contributed by atoms with Crippen molar-refractivity contribution in [1.82, 2.24) is 19.9 Å². The summed E-state index contributed by atoms with van der Waals surface area (Å²) in [5.41, 5.74) is 2.03. The van der Waals surface area contributed by atoms with E-state index in [-0.39, 0.29) is 12.6 Å². The predicted molar refractivity (Wildman–Crippen MR) is 122 cm³/mol. The lowest BCUT2D eigenvalue weighted by Gasteiger charge is -2.21. The summed E-state index contributed by atoms with van der Waals surface area (Å²) in [7, 11) is 1.91. The summed E-state index contributed by atoms with van der Waals surface area (Å²) in [5, 5.41) is 12.8. The first-order valence-corrected chi connectivity index (χ1v) is 10.1. The molecule has 2 aromatic carbocycles. The van der Waals surface area contributed by atoms with E-state index in [1.807, 2.05) is 84.7 Å². The highest BCUT2D eigenvalue weighted by Gasteiger charge is 2.14. The first-order chi connectivity index (χ1) is 15.2. The Hall–Kier alpha value is -3.84. The van der Waals surface area contributed by atoms with E-state index < -0.39 is 0 Å². The van der Waals surface area contributed by atoms with E-state index in [0.29, 0.717) is 24.0 Å². The smallest absolute Gasteiger partial charge is 0.225 e. The summed E-state index contributed by atoms with van der Waals surface area (Å²) < 4.78 is 0. The maximum atomic E-state index is 9.48. The second-order valence-electron chi connectivity index (χ2n) is 7.02. The maximum absolute atomic E-state index is 9.48. The molecule has 7 heteroatoms. The quantitative estimate of drug-likeness (QED) is 0.448. The topological polar surface area (TPSA) is 87.1 Å². The third-order valence-corrected chi connectivity index (χ3v) is 4.92. The largest absolute Gasteiger partial charge is 0.396 e. The molecule has 7 nitrogen and oxygen atoms in total. The van der Waals surface area contributed by atoms with Gasteiger partial charge in [-0.1, -0.05) is 60.7 Å². The van der Waals surface area contributed by atoms with E-state index in [9.17, 15) is 5.11 Å². The normalized spacial score (nSPS) is 11.7. The molecule has 0 amide bonds. The molecule has 31 heavy (non-hydrogen) atoms. The second-order valence-corrected chi connectivity index (χ2v) is 7.02. The number of aliphatic hydroxyl groups excluding tert-OH is 1. The highest BCUT2D eigenvalue weighted by molar-refractivity contribution is 5.61. The van der Waals surface area contributed by atoms with Crippen LogP contribution in [0, 0.1) is 0 Å². The molecule has 0 unspecified atom stereocenters. The Bertz CT molecular complexity index is 1110. The van der Waals surface area contributed by atoms with Crippen LogP contribution in [0.5, 0.6) is 0 Å². The summed E-state index contributed by atoms with van der Waals surface area (Å²) in [6.07, 6.45) is 4.01. The van der Waals surface area contributed by atoms with Crippen LogP contribution >= 0.6 is 0 Å². The molecule has 2 heterocycles. The second kappa shape index (κ2) is 9.77. The lowest BCUT2D eigenvalue weighted by molar-refractivity contribution is 0.280. The maximum Gasteiger partial charge on any atom is 0.225 e. The Morgan fingerprint density at radius 3 is 2.19 bits per heavy atom. The number of anilines is 3. The van der Waals surface area contributed by atoms with Crippen LogP contribution in [0.2, 0.25) is 0 Å². The summed E-state index contributed by atoms with van der Waals surface area (Å²) >= 11 is 0. The number of benzene rings is 2. The first-order valence-electron chi connectivity index (χ1n) is 10.1. The van der Waals surface area contributed by atoms with Crippen molar-refractivity contribution < 1.29 is 5.11 Å². The molecule has 0 aliphatic carbocycles. The van der Waals surface area contributed by atoms with E-state index in [0.717, 1.165) is 16.9 Å². The van der Waals surface area contributed by atoms with E-state index in [2.05, 4.69) is 25.3 Å². The molecule has 0 aliphatic rings. The molecule has 0 bridgehead atoms. The van der Waals surface area contributed by atoms with Gasteiger partial charge in [-0.25, -0.2) is 15.0 Å². The van der Waals surface area contributed by atoms with Gasteiger partial charge in [0.15, 0.2) is 5.82 Å². The van der Waals surface area contributed by atoms with Crippen LogP contribution in [0.1, 0.15) is 18.0 Å². The minimum Gasteiger partial charge on any atom is -0.396 e.